The van der Waals surface area contributed by atoms with E-state index in [1.807, 2.05) is 18.2 Å². The Morgan fingerprint density at radius 2 is 2.00 bits per heavy atom. The van der Waals surface area contributed by atoms with Gasteiger partial charge in [-0.2, -0.15) is 5.10 Å². The average molecular weight is 528 g/mol. The van der Waals surface area contributed by atoms with Crippen molar-refractivity contribution in [1.29, 1.82) is 0 Å². The van der Waals surface area contributed by atoms with E-state index in [1.165, 1.54) is 10.9 Å². The number of nitrogens with zero attached hydrogens (tertiary/aromatic N) is 2. The third-order valence-electron chi connectivity index (χ3n) is 5.54. The van der Waals surface area contributed by atoms with E-state index in [1.54, 1.807) is 30.3 Å². The summed E-state index contributed by atoms with van der Waals surface area (Å²) in [5.74, 6) is 0.503. The van der Waals surface area contributed by atoms with Gasteiger partial charge in [0.25, 0.3) is 11.8 Å². The van der Waals surface area contributed by atoms with Gasteiger partial charge in [0.1, 0.15) is 18.2 Å². The predicted molar refractivity (Wildman–Crippen MR) is 137 cm³/mol. The molecule has 0 radical (unpaired) electrons. The smallest absolute Gasteiger partial charge is 0.251 e. The number of rotatable bonds is 6. The highest BCUT2D eigenvalue weighted by molar-refractivity contribution is 7.92. The van der Waals surface area contributed by atoms with Crippen LogP contribution in [0.1, 0.15) is 31.8 Å². The average Bonchev–Trinajstić information content (AvgIpc) is 3.28. The fourth-order valence-electron chi connectivity index (χ4n) is 3.86. The lowest BCUT2D eigenvalue weighted by Gasteiger charge is -2.15. The summed E-state index contributed by atoms with van der Waals surface area (Å²) in [6.45, 7) is 2.01. The van der Waals surface area contributed by atoms with Crippen molar-refractivity contribution >= 4 is 27.7 Å². The second-order valence-electron chi connectivity index (χ2n) is 8.49. The monoisotopic (exact) mass is 527 g/mol. The molecule has 3 N–H and O–H groups in total. The maximum absolute atomic E-state index is 12.9. The lowest BCUT2D eigenvalue weighted by molar-refractivity contribution is 0.0865. The lowest BCUT2D eigenvalue weighted by Crippen LogP contribution is -2.28. The van der Waals surface area contributed by atoms with Crippen molar-refractivity contribution in [2.24, 2.45) is 0 Å². The van der Waals surface area contributed by atoms with E-state index >= 15 is 0 Å². The van der Waals surface area contributed by atoms with Gasteiger partial charge >= 0.3 is 0 Å². The lowest BCUT2D eigenvalue weighted by atomic mass is 9.99. The summed E-state index contributed by atoms with van der Waals surface area (Å²) in [6.07, 6.45) is 3.00. The van der Waals surface area contributed by atoms with Gasteiger partial charge in [0.05, 0.1) is 32.2 Å². The number of nitrogens with one attached hydrogen (secondary N) is 3. The van der Waals surface area contributed by atoms with Gasteiger partial charge < -0.3 is 20.1 Å². The highest BCUT2D eigenvalue weighted by Gasteiger charge is 2.14. The van der Waals surface area contributed by atoms with Gasteiger partial charge in [-0.15, -0.1) is 0 Å². The molecule has 2 amide bonds. The Morgan fingerprint density at radius 3 is 2.84 bits per heavy atom. The van der Waals surface area contributed by atoms with Crippen molar-refractivity contribution in [3.8, 4) is 5.75 Å². The molecule has 37 heavy (non-hydrogen) atoms. The first-order valence-electron chi connectivity index (χ1n) is 11.8. The Kier molecular flexibility index (Phi) is 8.41. The molecule has 0 spiro atoms. The van der Waals surface area contributed by atoms with Crippen LogP contribution in [-0.2, 0) is 27.7 Å². The second kappa shape index (κ2) is 11.9. The minimum Gasteiger partial charge on any atom is -0.491 e. The SMILES string of the molecule is CS(=O)(=O)Nc1ccnn1CCNC(=O)c1ccc2c(c1)Cc1cccc(c1)C(=O)NCCOCCO2. The number of amides is 2. The van der Waals surface area contributed by atoms with Crippen LogP contribution in [0.3, 0.4) is 0 Å². The number of carbonyl (C=O) groups excluding carboxylic acids is 2. The number of benzene rings is 2. The van der Waals surface area contributed by atoms with E-state index in [4.69, 9.17) is 9.47 Å². The minimum absolute atomic E-state index is 0.167. The molecule has 1 aromatic heterocycles. The Labute approximate surface area is 215 Å². The van der Waals surface area contributed by atoms with Crippen LogP contribution in [0.15, 0.2) is 54.7 Å². The topological polar surface area (TPSA) is 141 Å². The molecule has 2 bridgehead atoms. The van der Waals surface area contributed by atoms with Crippen LogP contribution in [0.2, 0.25) is 0 Å². The molecule has 0 unspecified atom stereocenters. The number of aromatic nitrogens is 2. The summed E-state index contributed by atoms with van der Waals surface area (Å²) in [4.78, 5) is 25.3. The molecule has 3 aromatic rings. The summed E-state index contributed by atoms with van der Waals surface area (Å²) in [6, 6.07) is 14.1. The van der Waals surface area contributed by atoms with Crippen molar-refractivity contribution in [1.82, 2.24) is 20.4 Å². The Morgan fingerprint density at radius 1 is 1.14 bits per heavy atom. The van der Waals surface area contributed by atoms with Crippen LogP contribution >= 0.6 is 0 Å². The van der Waals surface area contributed by atoms with E-state index in [2.05, 4.69) is 20.5 Å². The standard InChI is InChI=1S/C25H29N5O6S/c1-37(33,34)29-23-7-8-28-30(23)11-9-26-25(32)20-5-6-22-21(17-20)16-18-3-2-4-19(15-18)24(31)27-10-12-35-13-14-36-22/h2-8,15,17,29H,9-14,16H2,1H3,(H,26,32)(H,27,31). The fourth-order valence-corrected chi connectivity index (χ4v) is 4.41. The third-order valence-corrected chi connectivity index (χ3v) is 6.12. The first-order valence-corrected chi connectivity index (χ1v) is 13.7. The zero-order valence-corrected chi connectivity index (χ0v) is 21.2. The van der Waals surface area contributed by atoms with Crippen molar-refractivity contribution in [2.45, 2.75) is 13.0 Å². The summed E-state index contributed by atoms with van der Waals surface area (Å²) in [5, 5.41) is 9.76. The third kappa shape index (κ3) is 7.54. The molecule has 11 nitrogen and oxygen atoms in total. The highest BCUT2D eigenvalue weighted by Crippen LogP contribution is 2.24. The summed E-state index contributed by atoms with van der Waals surface area (Å²) < 4.78 is 38.3. The number of hydrogen-bond donors (Lipinski definition) is 3. The minimum atomic E-state index is -3.44. The van der Waals surface area contributed by atoms with Gasteiger partial charge in [-0.1, -0.05) is 12.1 Å². The molecule has 4 rings (SSSR count). The van der Waals surface area contributed by atoms with Gasteiger partial charge in [-0.3, -0.25) is 14.3 Å². The molecule has 0 atom stereocenters. The summed E-state index contributed by atoms with van der Waals surface area (Å²) >= 11 is 0. The molecule has 1 aliphatic heterocycles. The number of hydrogen-bond acceptors (Lipinski definition) is 7. The van der Waals surface area contributed by atoms with Crippen molar-refractivity contribution in [2.75, 3.05) is 43.9 Å². The van der Waals surface area contributed by atoms with Crippen LogP contribution < -0.4 is 20.1 Å². The molecular weight excluding hydrogens is 498 g/mol. The molecule has 2 aromatic carbocycles. The van der Waals surface area contributed by atoms with Crippen molar-refractivity contribution < 1.29 is 27.5 Å². The molecule has 2 heterocycles. The van der Waals surface area contributed by atoms with Gasteiger partial charge in [-0.25, -0.2) is 13.1 Å². The van der Waals surface area contributed by atoms with E-state index in [0.717, 1.165) is 17.4 Å². The first-order chi connectivity index (χ1) is 17.8. The maximum Gasteiger partial charge on any atom is 0.251 e. The molecule has 0 aliphatic carbocycles. The molecule has 196 valence electrons. The number of anilines is 1. The number of carbonyl (C=O) groups is 2. The van der Waals surface area contributed by atoms with Crippen LogP contribution in [0, 0.1) is 0 Å². The van der Waals surface area contributed by atoms with E-state index in [-0.39, 0.29) is 24.9 Å². The fraction of sp³-hybridized carbons (Fsp3) is 0.320. The Balaban J connectivity index is 1.48. The van der Waals surface area contributed by atoms with Gasteiger partial charge in [-0.05, 0) is 41.5 Å². The van der Waals surface area contributed by atoms with Crippen molar-refractivity contribution in [3.63, 3.8) is 0 Å². The number of ether oxygens (including phenoxy) is 2. The van der Waals surface area contributed by atoms with Gasteiger partial charge in [0, 0.05) is 36.7 Å². The first kappa shape index (κ1) is 26.2. The number of sulfonamides is 1. The summed E-state index contributed by atoms with van der Waals surface area (Å²) in [5.41, 5.74) is 2.71. The van der Waals surface area contributed by atoms with Crippen LogP contribution in [0.25, 0.3) is 0 Å². The maximum atomic E-state index is 12.9. The normalized spacial score (nSPS) is 14.5. The predicted octanol–water partition coefficient (Wildman–Crippen LogP) is 1.41. The molecule has 0 fully saturated rings. The highest BCUT2D eigenvalue weighted by atomic mass is 32.2. The molecule has 1 aliphatic rings. The van der Waals surface area contributed by atoms with Gasteiger partial charge in [0.15, 0.2) is 0 Å². The largest absolute Gasteiger partial charge is 0.491 e. The zero-order valence-electron chi connectivity index (χ0n) is 20.4. The molecule has 0 saturated heterocycles. The van der Waals surface area contributed by atoms with Crippen LogP contribution in [0.4, 0.5) is 5.82 Å². The second-order valence-corrected chi connectivity index (χ2v) is 10.2. The molecule has 0 saturated carbocycles. The quantitative estimate of drug-likeness (QED) is 0.440. The molecular formula is C25H29N5O6S. The molecule has 12 heteroatoms. The van der Waals surface area contributed by atoms with E-state index in [9.17, 15) is 18.0 Å². The van der Waals surface area contributed by atoms with Crippen LogP contribution in [-0.4, -0.2) is 69.2 Å². The Hall–Kier alpha value is -3.90. The Bertz CT molecular complexity index is 1370. The summed E-state index contributed by atoms with van der Waals surface area (Å²) in [7, 11) is -3.44. The van der Waals surface area contributed by atoms with E-state index < -0.39 is 10.0 Å². The van der Waals surface area contributed by atoms with Crippen molar-refractivity contribution in [3.05, 3.63) is 77.0 Å². The van der Waals surface area contributed by atoms with Gasteiger partial charge in [0.2, 0.25) is 10.0 Å². The van der Waals surface area contributed by atoms with Crippen LogP contribution in [0.5, 0.6) is 5.75 Å². The zero-order chi connectivity index (χ0) is 26.3. The number of fused-ring (bicyclic) bond motifs is 3. The van der Waals surface area contributed by atoms with E-state index in [0.29, 0.717) is 55.5 Å².